The normalized spacial score (nSPS) is 38.9. The summed E-state index contributed by atoms with van der Waals surface area (Å²) in [4.78, 5) is 12.5. The minimum atomic E-state index is -0.0125. The second kappa shape index (κ2) is 7.63. The number of carbonyl (C=O) groups is 1. The third-order valence-corrected chi connectivity index (χ3v) is 8.01. The molecule has 0 bridgehead atoms. The summed E-state index contributed by atoms with van der Waals surface area (Å²) in [5, 5.41) is 0. The van der Waals surface area contributed by atoms with Gasteiger partial charge in [0.1, 0.15) is 5.78 Å². The number of hydrogen-bond acceptors (Lipinski definition) is 3. The average Bonchev–Trinajstić information content (AvgIpc) is 3.41. The summed E-state index contributed by atoms with van der Waals surface area (Å²) < 4.78 is 12.2. The molecule has 1 saturated heterocycles. The highest BCUT2D eigenvalue weighted by Crippen LogP contribution is 2.60. The van der Waals surface area contributed by atoms with Crippen LogP contribution in [0.3, 0.4) is 0 Å². The molecule has 0 amide bonds. The molecule has 3 heteroatoms. The molecule has 4 aliphatic rings. The number of ether oxygens (including phenoxy) is 2. The van der Waals surface area contributed by atoms with Gasteiger partial charge in [-0.15, -0.1) is 0 Å². The van der Waals surface area contributed by atoms with E-state index in [-0.39, 0.29) is 23.2 Å². The first kappa shape index (κ1) is 19.6. The van der Waals surface area contributed by atoms with Crippen LogP contribution in [-0.4, -0.2) is 24.8 Å². The van der Waals surface area contributed by atoms with Crippen molar-refractivity contribution in [3.63, 3.8) is 0 Å². The average molecular weight is 375 g/mol. The van der Waals surface area contributed by atoms with Gasteiger partial charge in [-0.25, -0.2) is 0 Å². The lowest BCUT2D eigenvalue weighted by molar-refractivity contribution is -0.182. The molecule has 0 spiro atoms. The molecule has 5 atom stereocenters. The zero-order valence-corrected chi connectivity index (χ0v) is 17.5. The van der Waals surface area contributed by atoms with Gasteiger partial charge < -0.3 is 9.47 Å². The SMILES string of the molecule is CC(C)(/C=C/C(OC1CCCCO1)C1CC1)C1CC[C@H]2C(=O)CCC[C@]12C. The van der Waals surface area contributed by atoms with E-state index in [1.807, 2.05) is 0 Å². The maximum absolute atomic E-state index is 12.5. The smallest absolute Gasteiger partial charge is 0.158 e. The lowest BCUT2D eigenvalue weighted by Crippen LogP contribution is -2.42. The second-order valence-corrected chi connectivity index (χ2v) is 10.4. The van der Waals surface area contributed by atoms with E-state index >= 15 is 0 Å². The van der Waals surface area contributed by atoms with Crippen LogP contribution in [0, 0.1) is 28.6 Å². The van der Waals surface area contributed by atoms with Crippen LogP contribution in [0.1, 0.15) is 85.0 Å². The Morgan fingerprint density at radius 1 is 1.15 bits per heavy atom. The topological polar surface area (TPSA) is 35.5 Å². The Balaban J connectivity index is 1.45. The molecule has 27 heavy (non-hydrogen) atoms. The van der Waals surface area contributed by atoms with Gasteiger partial charge >= 0.3 is 0 Å². The van der Waals surface area contributed by atoms with Crippen molar-refractivity contribution in [2.45, 2.75) is 97.4 Å². The van der Waals surface area contributed by atoms with Crippen molar-refractivity contribution in [3.8, 4) is 0 Å². The molecular weight excluding hydrogens is 336 g/mol. The molecule has 1 heterocycles. The van der Waals surface area contributed by atoms with Crippen LogP contribution < -0.4 is 0 Å². The molecule has 4 rings (SSSR count). The van der Waals surface area contributed by atoms with E-state index in [0.29, 0.717) is 23.5 Å². The molecule has 3 nitrogen and oxygen atoms in total. The van der Waals surface area contributed by atoms with E-state index < -0.39 is 0 Å². The number of fused-ring (bicyclic) bond motifs is 1. The summed E-state index contributed by atoms with van der Waals surface area (Å²) in [6, 6.07) is 0. The Bertz CT molecular complexity index is 570. The van der Waals surface area contributed by atoms with Crippen LogP contribution >= 0.6 is 0 Å². The standard InChI is InChI=1S/C24H38O3/c1-23(2,21-12-11-18-19(25)7-6-14-24(18,21)3)15-13-20(17-9-10-17)27-22-8-4-5-16-26-22/h13,15,17-18,20-22H,4-12,14,16H2,1-3H3/b15-13+/t18-,20?,21?,22?,24-/m0/s1. The van der Waals surface area contributed by atoms with Crippen LogP contribution in [-0.2, 0) is 14.3 Å². The fourth-order valence-electron chi connectivity index (χ4n) is 6.34. The number of allylic oxidation sites excluding steroid dienone is 1. The molecule has 0 aromatic heterocycles. The van der Waals surface area contributed by atoms with Crippen LogP contribution in [0.25, 0.3) is 0 Å². The van der Waals surface area contributed by atoms with E-state index in [9.17, 15) is 4.79 Å². The molecule has 3 unspecified atom stereocenters. The van der Waals surface area contributed by atoms with Crippen molar-refractivity contribution in [3.05, 3.63) is 12.2 Å². The predicted octanol–water partition coefficient (Wildman–Crippen LogP) is 5.68. The van der Waals surface area contributed by atoms with Crippen molar-refractivity contribution in [2.24, 2.45) is 28.6 Å². The summed E-state index contributed by atoms with van der Waals surface area (Å²) in [5.41, 5.74) is 0.288. The Morgan fingerprint density at radius 3 is 2.67 bits per heavy atom. The fraction of sp³-hybridized carbons (Fsp3) is 0.875. The largest absolute Gasteiger partial charge is 0.353 e. The number of rotatable bonds is 6. The second-order valence-electron chi connectivity index (χ2n) is 10.4. The van der Waals surface area contributed by atoms with Crippen molar-refractivity contribution in [1.82, 2.24) is 0 Å². The van der Waals surface area contributed by atoms with Crippen LogP contribution in [0.15, 0.2) is 12.2 Å². The summed E-state index contributed by atoms with van der Waals surface area (Å²) in [7, 11) is 0. The maximum atomic E-state index is 12.5. The van der Waals surface area contributed by atoms with Crippen LogP contribution in [0.2, 0.25) is 0 Å². The number of Topliss-reactive ketones (excluding diaryl/α,β-unsaturated/α-hetero) is 1. The minimum Gasteiger partial charge on any atom is -0.353 e. The molecule has 0 radical (unpaired) electrons. The Kier molecular flexibility index (Phi) is 5.55. The first-order valence-electron chi connectivity index (χ1n) is 11.4. The predicted molar refractivity (Wildman–Crippen MR) is 107 cm³/mol. The van der Waals surface area contributed by atoms with E-state index in [2.05, 4.69) is 32.9 Å². The lowest BCUT2D eigenvalue weighted by Gasteiger charge is -2.45. The van der Waals surface area contributed by atoms with Crippen molar-refractivity contribution < 1.29 is 14.3 Å². The molecule has 0 aromatic carbocycles. The van der Waals surface area contributed by atoms with Gasteiger partial charge in [0.15, 0.2) is 6.29 Å². The van der Waals surface area contributed by atoms with Gasteiger partial charge in [-0.3, -0.25) is 4.79 Å². The first-order valence-corrected chi connectivity index (χ1v) is 11.4. The van der Waals surface area contributed by atoms with E-state index in [4.69, 9.17) is 9.47 Å². The Labute approximate surface area is 165 Å². The maximum Gasteiger partial charge on any atom is 0.158 e. The first-order chi connectivity index (χ1) is 12.9. The van der Waals surface area contributed by atoms with Crippen molar-refractivity contribution in [1.29, 1.82) is 0 Å². The van der Waals surface area contributed by atoms with Crippen LogP contribution in [0.5, 0.6) is 0 Å². The van der Waals surface area contributed by atoms with Crippen molar-refractivity contribution >= 4 is 5.78 Å². The highest BCUT2D eigenvalue weighted by Gasteiger charge is 2.54. The Hall–Kier alpha value is -0.670. The third-order valence-electron chi connectivity index (χ3n) is 8.01. The molecule has 0 N–H and O–H groups in total. The van der Waals surface area contributed by atoms with E-state index in [1.54, 1.807) is 0 Å². The quantitative estimate of drug-likeness (QED) is 0.561. The molecule has 1 aliphatic heterocycles. The molecule has 0 aromatic rings. The molecule has 152 valence electrons. The van der Waals surface area contributed by atoms with Gasteiger partial charge in [0.2, 0.25) is 0 Å². The zero-order valence-electron chi connectivity index (χ0n) is 17.5. The highest BCUT2D eigenvalue weighted by molar-refractivity contribution is 5.83. The lowest BCUT2D eigenvalue weighted by atomic mass is 9.58. The Morgan fingerprint density at radius 2 is 1.96 bits per heavy atom. The van der Waals surface area contributed by atoms with Crippen LogP contribution in [0.4, 0.5) is 0 Å². The summed E-state index contributed by atoms with van der Waals surface area (Å²) in [6.45, 7) is 7.99. The van der Waals surface area contributed by atoms with E-state index in [1.165, 1.54) is 32.1 Å². The number of ketones is 1. The zero-order chi connectivity index (χ0) is 19.1. The molecular formula is C24H38O3. The van der Waals surface area contributed by atoms with Gasteiger partial charge in [0.25, 0.3) is 0 Å². The van der Waals surface area contributed by atoms with Gasteiger partial charge in [0.05, 0.1) is 6.10 Å². The minimum absolute atomic E-state index is 0.0125. The summed E-state index contributed by atoms with van der Waals surface area (Å²) >= 11 is 0. The highest BCUT2D eigenvalue weighted by atomic mass is 16.7. The number of hydrogen-bond donors (Lipinski definition) is 0. The fourth-order valence-corrected chi connectivity index (χ4v) is 6.34. The van der Waals surface area contributed by atoms with E-state index in [0.717, 1.165) is 38.7 Å². The van der Waals surface area contributed by atoms with Crippen molar-refractivity contribution in [2.75, 3.05) is 6.61 Å². The summed E-state index contributed by atoms with van der Waals surface area (Å²) in [5.74, 6) is 2.08. The monoisotopic (exact) mass is 374 g/mol. The molecule has 4 fully saturated rings. The van der Waals surface area contributed by atoms with Gasteiger partial charge in [0, 0.05) is 18.9 Å². The number of carbonyl (C=O) groups excluding carboxylic acids is 1. The third kappa shape index (κ3) is 4.05. The molecule has 3 aliphatic carbocycles. The molecule has 3 saturated carbocycles. The van der Waals surface area contributed by atoms with Gasteiger partial charge in [-0.1, -0.05) is 32.9 Å². The van der Waals surface area contributed by atoms with Gasteiger partial charge in [-0.05, 0) is 80.5 Å². The summed E-state index contributed by atoms with van der Waals surface area (Å²) in [6.07, 6.45) is 16.3. The van der Waals surface area contributed by atoms with Gasteiger partial charge in [-0.2, -0.15) is 0 Å².